The summed E-state index contributed by atoms with van der Waals surface area (Å²) in [6, 6.07) is 0.748. The minimum atomic E-state index is -0.0219. The zero-order valence-electron chi connectivity index (χ0n) is 11.9. The summed E-state index contributed by atoms with van der Waals surface area (Å²) < 4.78 is 1.72. The maximum Gasteiger partial charge on any atom is 0.293 e. The smallest absolute Gasteiger partial charge is 0.293 e. The van der Waals surface area contributed by atoms with Gasteiger partial charge in [0, 0.05) is 31.5 Å². The molecule has 0 radical (unpaired) electrons. The SMILES string of the molecule is CC(C)Cn1ccnc(NCCCNC2CC2)c1=O. The van der Waals surface area contributed by atoms with Gasteiger partial charge in [0.2, 0.25) is 0 Å². The fraction of sp³-hybridized carbons (Fsp3) is 0.714. The molecule has 0 bridgehead atoms. The third-order valence-electron chi connectivity index (χ3n) is 3.13. The minimum absolute atomic E-state index is 0.0219. The summed E-state index contributed by atoms with van der Waals surface area (Å²) in [7, 11) is 0. The van der Waals surface area contributed by atoms with Gasteiger partial charge in [-0.3, -0.25) is 4.79 Å². The second kappa shape index (κ2) is 6.70. The number of rotatable bonds is 8. The van der Waals surface area contributed by atoms with E-state index in [2.05, 4.69) is 29.5 Å². The first-order valence-electron chi connectivity index (χ1n) is 7.19. The minimum Gasteiger partial charge on any atom is -0.365 e. The molecule has 0 aromatic carbocycles. The van der Waals surface area contributed by atoms with Crippen molar-refractivity contribution in [3.8, 4) is 0 Å². The Bertz CT molecular complexity index is 451. The van der Waals surface area contributed by atoms with Crippen LogP contribution in [0, 0.1) is 5.92 Å². The average Bonchev–Trinajstić information content (AvgIpc) is 3.16. The molecular formula is C14H24N4O. The van der Waals surface area contributed by atoms with Crippen LogP contribution in [0.3, 0.4) is 0 Å². The van der Waals surface area contributed by atoms with Gasteiger partial charge in [0.1, 0.15) is 0 Å². The molecule has 0 spiro atoms. The lowest BCUT2D eigenvalue weighted by Crippen LogP contribution is -2.27. The number of aromatic nitrogens is 2. The predicted molar refractivity (Wildman–Crippen MR) is 77.5 cm³/mol. The number of nitrogens with zero attached hydrogens (tertiary/aromatic N) is 2. The third kappa shape index (κ3) is 4.67. The van der Waals surface area contributed by atoms with Crippen LogP contribution in [0.5, 0.6) is 0 Å². The van der Waals surface area contributed by atoms with Crippen molar-refractivity contribution in [3.05, 3.63) is 22.7 Å². The van der Waals surface area contributed by atoms with Gasteiger partial charge in [-0.05, 0) is 31.7 Å². The van der Waals surface area contributed by atoms with E-state index in [1.54, 1.807) is 17.0 Å². The molecule has 2 rings (SSSR count). The van der Waals surface area contributed by atoms with Crippen molar-refractivity contribution in [2.45, 2.75) is 45.7 Å². The third-order valence-corrected chi connectivity index (χ3v) is 3.13. The molecule has 2 N–H and O–H groups in total. The molecule has 0 saturated heterocycles. The second-order valence-corrected chi connectivity index (χ2v) is 5.64. The Morgan fingerprint density at radius 3 is 2.89 bits per heavy atom. The van der Waals surface area contributed by atoms with Gasteiger partial charge in [-0.25, -0.2) is 4.98 Å². The molecule has 0 atom stereocenters. The fourth-order valence-corrected chi connectivity index (χ4v) is 1.99. The van der Waals surface area contributed by atoms with E-state index in [0.29, 0.717) is 11.7 Å². The summed E-state index contributed by atoms with van der Waals surface area (Å²) in [5, 5.41) is 6.59. The molecule has 1 aliphatic rings. The lowest BCUT2D eigenvalue weighted by atomic mass is 10.2. The summed E-state index contributed by atoms with van der Waals surface area (Å²) in [6.45, 7) is 6.73. The Hall–Kier alpha value is -1.36. The Morgan fingerprint density at radius 2 is 2.21 bits per heavy atom. The van der Waals surface area contributed by atoms with Gasteiger partial charge in [0.25, 0.3) is 5.56 Å². The van der Waals surface area contributed by atoms with Gasteiger partial charge in [0.05, 0.1) is 0 Å². The highest BCUT2D eigenvalue weighted by atomic mass is 16.1. The number of anilines is 1. The van der Waals surface area contributed by atoms with Crippen LogP contribution in [-0.2, 0) is 6.54 Å². The summed E-state index contributed by atoms with van der Waals surface area (Å²) in [5.74, 6) is 0.922. The van der Waals surface area contributed by atoms with E-state index in [1.807, 2.05) is 0 Å². The second-order valence-electron chi connectivity index (χ2n) is 5.64. The molecule has 19 heavy (non-hydrogen) atoms. The highest BCUT2D eigenvalue weighted by Gasteiger charge is 2.19. The number of hydrogen-bond acceptors (Lipinski definition) is 4. The maximum atomic E-state index is 12.1. The number of nitrogens with one attached hydrogen (secondary N) is 2. The van der Waals surface area contributed by atoms with Gasteiger partial charge < -0.3 is 15.2 Å². The Labute approximate surface area is 114 Å². The molecule has 5 nitrogen and oxygen atoms in total. The van der Waals surface area contributed by atoms with Crippen molar-refractivity contribution in [2.75, 3.05) is 18.4 Å². The number of hydrogen-bond donors (Lipinski definition) is 2. The first kappa shape index (κ1) is 14.1. The van der Waals surface area contributed by atoms with Crippen molar-refractivity contribution < 1.29 is 0 Å². The summed E-state index contributed by atoms with van der Waals surface area (Å²) in [4.78, 5) is 16.2. The first-order valence-corrected chi connectivity index (χ1v) is 7.19. The molecule has 1 aromatic heterocycles. The topological polar surface area (TPSA) is 59.0 Å². The van der Waals surface area contributed by atoms with E-state index in [9.17, 15) is 4.79 Å². The molecule has 1 fully saturated rings. The van der Waals surface area contributed by atoms with Crippen LogP contribution >= 0.6 is 0 Å². The van der Waals surface area contributed by atoms with Gasteiger partial charge in [-0.15, -0.1) is 0 Å². The van der Waals surface area contributed by atoms with Crippen LogP contribution in [0.2, 0.25) is 0 Å². The molecule has 5 heteroatoms. The molecular weight excluding hydrogens is 240 g/mol. The first-order chi connectivity index (χ1) is 9.16. The van der Waals surface area contributed by atoms with E-state index in [0.717, 1.165) is 32.1 Å². The van der Waals surface area contributed by atoms with E-state index in [4.69, 9.17) is 0 Å². The molecule has 1 saturated carbocycles. The van der Waals surface area contributed by atoms with Gasteiger partial charge in [0.15, 0.2) is 5.82 Å². The molecule has 1 heterocycles. The van der Waals surface area contributed by atoms with Gasteiger partial charge >= 0.3 is 0 Å². The van der Waals surface area contributed by atoms with E-state index < -0.39 is 0 Å². The van der Waals surface area contributed by atoms with Crippen LogP contribution in [0.1, 0.15) is 33.1 Å². The van der Waals surface area contributed by atoms with Crippen LogP contribution in [0.25, 0.3) is 0 Å². The largest absolute Gasteiger partial charge is 0.365 e. The highest BCUT2D eigenvalue weighted by molar-refractivity contribution is 5.30. The van der Waals surface area contributed by atoms with Crippen molar-refractivity contribution in [2.24, 2.45) is 5.92 Å². The summed E-state index contributed by atoms with van der Waals surface area (Å²) >= 11 is 0. The van der Waals surface area contributed by atoms with Gasteiger partial charge in [-0.2, -0.15) is 0 Å². The van der Waals surface area contributed by atoms with Crippen molar-refractivity contribution in [3.63, 3.8) is 0 Å². The molecule has 1 aromatic rings. The maximum absolute atomic E-state index is 12.1. The van der Waals surface area contributed by atoms with E-state index in [1.165, 1.54) is 12.8 Å². The molecule has 0 amide bonds. The van der Waals surface area contributed by atoms with Crippen LogP contribution < -0.4 is 16.2 Å². The quantitative estimate of drug-likeness (QED) is 0.698. The Kier molecular flexibility index (Phi) is 4.96. The predicted octanol–water partition coefficient (Wildman–Crippen LogP) is 1.45. The lowest BCUT2D eigenvalue weighted by Gasteiger charge is -2.10. The monoisotopic (exact) mass is 264 g/mol. The van der Waals surface area contributed by atoms with Crippen LogP contribution in [-0.4, -0.2) is 28.7 Å². The summed E-state index contributed by atoms with van der Waals surface area (Å²) in [6.07, 6.45) is 7.08. The van der Waals surface area contributed by atoms with E-state index >= 15 is 0 Å². The van der Waals surface area contributed by atoms with Crippen LogP contribution in [0.15, 0.2) is 17.2 Å². The molecule has 0 aliphatic heterocycles. The zero-order chi connectivity index (χ0) is 13.7. The van der Waals surface area contributed by atoms with Crippen LogP contribution in [0.4, 0.5) is 5.82 Å². The molecule has 0 unspecified atom stereocenters. The Morgan fingerprint density at radius 1 is 1.42 bits per heavy atom. The van der Waals surface area contributed by atoms with Gasteiger partial charge in [-0.1, -0.05) is 13.8 Å². The highest BCUT2D eigenvalue weighted by Crippen LogP contribution is 2.18. The molecule has 106 valence electrons. The normalized spacial score (nSPS) is 14.9. The van der Waals surface area contributed by atoms with E-state index in [-0.39, 0.29) is 5.56 Å². The fourth-order valence-electron chi connectivity index (χ4n) is 1.99. The average molecular weight is 264 g/mol. The lowest BCUT2D eigenvalue weighted by molar-refractivity contribution is 0.509. The summed E-state index contributed by atoms with van der Waals surface area (Å²) in [5.41, 5.74) is -0.0219. The zero-order valence-corrected chi connectivity index (χ0v) is 11.9. The Balaban J connectivity index is 1.79. The molecule has 1 aliphatic carbocycles. The van der Waals surface area contributed by atoms with Crippen molar-refractivity contribution in [1.29, 1.82) is 0 Å². The standard InChI is InChI=1S/C14H24N4O/c1-11(2)10-18-9-8-17-13(14(18)19)16-7-3-6-15-12-4-5-12/h8-9,11-12,15H,3-7,10H2,1-2H3,(H,16,17). The van der Waals surface area contributed by atoms with Crippen molar-refractivity contribution in [1.82, 2.24) is 14.9 Å². The van der Waals surface area contributed by atoms with Crippen molar-refractivity contribution >= 4 is 5.82 Å².